The van der Waals surface area contributed by atoms with Crippen molar-refractivity contribution in [2.45, 2.75) is 38.6 Å². The van der Waals surface area contributed by atoms with Gasteiger partial charge in [-0.3, -0.25) is 4.79 Å². The summed E-state index contributed by atoms with van der Waals surface area (Å²) in [6.07, 6.45) is 6.25. The summed E-state index contributed by atoms with van der Waals surface area (Å²) in [5.41, 5.74) is 0.824. The molecule has 0 aromatic carbocycles. The molecule has 7 heteroatoms. The Morgan fingerprint density at radius 2 is 2.21 bits per heavy atom. The molecule has 3 amide bonds. The third kappa shape index (κ3) is 5.72. The van der Waals surface area contributed by atoms with Crippen LogP contribution >= 0.6 is 0 Å². The summed E-state index contributed by atoms with van der Waals surface area (Å²) in [4.78, 5) is 29.7. The van der Waals surface area contributed by atoms with E-state index in [-0.39, 0.29) is 11.9 Å². The molecular formula is C17H26N4O3. The molecule has 0 bridgehead atoms. The van der Waals surface area contributed by atoms with Crippen LogP contribution in [0.4, 0.5) is 4.79 Å². The van der Waals surface area contributed by atoms with Crippen LogP contribution in [0.1, 0.15) is 37.7 Å². The number of amides is 3. The van der Waals surface area contributed by atoms with E-state index < -0.39 is 0 Å². The number of hydrogen-bond acceptors (Lipinski definition) is 4. The second-order valence-electron chi connectivity index (χ2n) is 5.83. The maximum atomic E-state index is 11.9. The van der Waals surface area contributed by atoms with Crippen molar-refractivity contribution in [2.75, 3.05) is 26.7 Å². The SMILES string of the molecule is COc1ncccc1CNC(=O)NCCCN1CCCCCC1=O. The van der Waals surface area contributed by atoms with Crippen LogP contribution in [0.5, 0.6) is 5.88 Å². The van der Waals surface area contributed by atoms with Gasteiger partial charge < -0.3 is 20.3 Å². The normalized spacial score (nSPS) is 14.9. The van der Waals surface area contributed by atoms with Gasteiger partial charge in [0.1, 0.15) is 0 Å². The lowest BCUT2D eigenvalue weighted by atomic mass is 10.2. The molecule has 0 spiro atoms. The molecule has 0 unspecified atom stereocenters. The van der Waals surface area contributed by atoms with Crippen molar-refractivity contribution in [1.82, 2.24) is 20.5 Å². The molecule has 1 saturated heterocycles. The van der Waals surface area contributed by atoms with Crippen molar-refractivity contribution < 1.29 is 14.3 Å². The van der Waals surface area contributed by atoms with Gasteiger partial charge in [0.05, 0.1) is 7.11 Å². The molecule has 132 valence electrons. The summed E-state index contributed by atoms with van der Waals surface area (Å²) in [5.74, 6) is 0.748. The van der Waals surface area contributed by atoms with Crippen LogP contribution in [0, 0.1) is 0 Å². The minimum Gasteiger partial charge on any atom is -0.481 e. The summed E-state index contributed by atoms with van der Waals surface area (Å²) in [6.45, 7) is 2.44. The van der Waals surface area contributed by atoms with Gasteiger partial charge in [0.2, 0.25) is 11.8 Å². The molecule has 0 radical (unpaired) electrons. The van der Waals surface area contributed by atoms with E-state index >= 15 is 0 Å². The first kappa shape index (κ1) is 18.0. The molecule has 7 nitrogen and oxygen atoms in total. The fourth-order valence-electron chi connectivity index (χ4n) is 2.73. The van der Waals surface area contributed by atoms with Crippen LogP contribution in [0.15, 0.2) is 18.3 Å². The number of nitrogens with zero attached hydrogens (tertiary/aromatic N) is 2. The van der Waals surface area contributed by atoms with Gasteiger partial charge in [-0.1, -0.05) is 12.5 Å². The fourth-order valence-corrected chi connectivity index (χ4v) is 2.73. The lowest BCUT2D eigenvalue weighted by molar-refractivity contribution is -0.130. The van der Waals surface area contributed by atoms with E-state index in [0.29, 0.717) is 31.9 Å². The number of carbonyl (C=O) groups is 2. The van der Waals surface area contributed by atoms with Crippen molar-refractivity contribution in [1.29, 1.82) is 0 Å². The van der Waals surface area contributed by atoms with Gasteiger partial charge >= 0.3 is 6.03 Å². The zero-order chi connectivity index (χ0) is 17.2. The van der Waals surface area contributed by atoms with E-state index in [1.54, 1.807) is 19.4 Å². The zero-order valence-corrected chi connectivity index (χ0v) is 14.2. The monoisotopic (exact) mass is 334 g/mol. The van der Waals surface area contributed by atoms with Gasteiger partial charge in [-0.2, -0.15) is 0 Å². The Bertz CT molecular complexity index is 550. The minimum atomic E-state index is -0.233. The molecule has 0 saturated carbocycles. The van der Waals surface area contributed by atoms with E-state index in [2.05, 4.69) is 15.6 Å². The van der Waals surface area contributed by atoms with E-state index in [1.807, 2.05) is 11.0 Å². The van der Waals surface area contributed by atoms with Crippen LogP contribution in [0.25, 0.3) is 0 Å². The van der Waals surface area contributed by atoms with Crippen LogP contribution in [-0.2, 0) is 11.3 Å². The second-order valence-corrected chi connectivity index (χ2v) is 5.83. The Labute approximate surface area is 142 Å². The number of carbonyl (C=O) groups excluding carboxylic acids is 2. The number of hydrogen-bond donors (Lipinski definition) is 2. The highest BCUT2D eigenvalue weighted by Gasteiger charge is 2.15. The molecule has 0 aliphatic carbocycles. The van der Waals surface area contributed by atoms with Crippen LogP contribution in [0.2, 0.25) is 0 Å². The first-order chi connectivity index (χ1) is 11.7. The quantitative estimate of drug-likeness (QED) is 0.743. The highest BCUT2D eigenvalue weighted by atomic mass is 16.5. The van der Waals surface area contributed by atoms with Gasteiger partial charge in [-0.15, -0.1) is 0 Å². The van der Waals surface area contributed by atoms with Crippen molar-refractivity contribution in [3.05, 3.63) is 23.9 Å². The summed E-state index contributed by atoms with van der Waals surface area (Å²) >= 11 is 0. The maximum absolute atomic E-state index is 11.9. The highest BCUT2D eigenvalue weighted by molar-refractivity contribution is 5.76. The maximum Gasteiger partial charge on any atom is 0.315 e. The smallest absolute Gasteiger partial charge is 0.315 e. The third-order valence-electron chi connectivity index (χ3n) is 4.04. The molecule has 2 N–H and O–H groups in total. The third-order valence-corrected chi connectivity index (χ3v) is 4.04. The Hall–Kier alpha value is -2.31. The van der Waals surface area contributed by atoms with E-state index in [4.69, 9.17) is 4.74 Å². The molecule has 24 heavy (non-hydrogen) atoms. The first-order valence-corrected chi connectivity index (χ1v) is 8.48. The molecule has 1 fully saturated rings. The molecule has 1 aliphatic rings. The number of pyridine rings is 1. The van der Waals surface area contributed by atoms with Gasteiger partial charge in [-0.25, -0.2) is 9.78 Å². The number of urea groups is 1. The molecular weight excluding hydrogens is 308 g/mol. The summed E-state index contributed by atoms with van der Waals surface area (Å²) < 4.78 is 5.14. The lowest BCUT2D eigenvalue weighted by Crippen LogP contribution is -2.38. The second kappa shape index (κ2) is 9.75. The number of rotatable bonds is 7. The van der Waals surface area contributed by atoms with Gasteiger partial charge in [-0.05, 0) is 25.3 Å². The van der Waals surface area contributed by atoms with Gasteiger partial charge in [0.15, 0.2) is 0 Å². The number of ether oxygens (including phenoxy) is 1. The number of aromatic nitrogens is 1. The van der Waals surface area contributed by atoms with Crippen molar-refractivity contribution in [3.8, 4) is 5.88 Å². The Morgan fingerprint density at radius 1 is 1.33 bits per heavy atom. The first-order valence-electron chi connectivity index (χ1n) is 8.48. The molecule has 0 atom stereocenters. The Morgan fingerprint density at radius 3 is 3.04 bits per heavy atom. The Balaban J connectivity index is 1.63. The lowest BCUT2D eigenvalue weighted by Gasteiger charge is -2.20. The van der Waals surface area contributed by atoms with Crippen LogP contribution in [0.3, 0.4) is 0 Å². The van der Waals surface area contributed by atoms with E-state index in [9.17, 15) is 9.59 Å². The fraction of sp³-hybridized carbons (Fsp3) is 0.588. The average molecular weight is 334 g/mol. The largest absolute Gasteiger partial charge is 0.481 e. The number of nitrogens with one attached hydrogen (secondary N) is 2. The summed E-state index contributed by atoms with van der Waals surface area (Å²) in [6, 6.07) is 3.43. The van der Waals surface area contributed by atoms with Crippen molar-refractivity contribution in [2.24, 2.45) is 0 Å². The molecule has 1 aromatic heterocycles. The topological polar surface area (TPSA) is 83.6 Å². The van der Waals surface area contributed by atoms with E-state index in [0.717, 1.165) is 37.8 Å². The molecule has 2 rings (SSSR count). The molecule has 1 aliphatic heterocycles. The predicted octanol–water partition coefficient (Wildman–Crippen LogP) is 1.68. The highest BCUT2D eigenvalue weighted by Crippen LogP contribution is 2.13. The van der Waals surface area contributed by atoms with Gasteiger partial charge in [0.25, 0.3) is 0 Å². The summed E-state index contributed by atoms with van der Waals surface area (Å²) in [7, 11) is 1.55. The summed E-state index contributed by atoms with van der Waals surface area (Å²) in [5, 5.41) is 5.59. The molecule has 1 aromatic rings. The van der Waals surface area contributed by atoms with Crippen molar-refractivity contribution >= 4 is 11.9 Å². The van der Waals surface area contributed by atoms with Crippen molar-refractivity contribution in [3.63, 3.8) is 0 Å². The zero-order valence-electron chi connectivity index (χ0n) is 14.2. The standard InChI is InChI=1S/C17H26N4O3/c1-24-16-14(7-5-9-18-16)13-20-17(23)19-10-6-12-21-11-4-2-3-8-15(21)22/h5,7,9H,2-4,6,8,10-13H2,1H3,(H2,19,20,23). The van der Waals surface area contributed by atoms with E-state index in [1.165, 1.54) is 0 Å². The van der Waals surface area contributed by atoms with Crippen LogP contribution < -0.4 is 15.4 Å². The Kier molecular flexibility index (Phi) is 7.32. The number of methoxy groups -OCH3 is 1. The molecule has 2 heterocycles. The minimum absolute atomic E-state index is 0.233. The van der Waals surface area contributed by atoms with Gasteiger partial charge in [0, 0.05) is 44.4 Å². The average Bonchev–Trinajstić information content (AvgIpc) is 2.81. The predicted molar refractivity (Wildman–Crippen MR) is 90.7 cm³/mol. The number of likely N-dealkylation sites (tertiary alicyclic amines) is 1. The van der Waals surface area contributed by atoms with Crippen LogP contribution in [-0.4, -0.2) is 48.6 Å².